The zero-order chi connectivity index (χ0) is 23.1. The van der Waals surface area contributed by atoms with Gasteiger partial charge in [-0.25, -0.2) is 0 Å². The van der Waals surface area contributed by atoms with Gasteiger partial charge in [0.1, 0.15) is 18.4 Å². The number of carbonyl (C=O) groups is 3. The number of nitrogens with one attached hydrogen (secondary N) is 3. The summed E-state index contributed by atoms with van der Waals surface area (Å²) in [5.41, 5.74) is 6.75. The Balaban J connectivity index is 1.46. The van der Waals surface area contributed by atoms with Crippen molar-refractivity contribution in [3.8, 4) is 5.75 Å². The van der Waals surface area contributed by atoms with Crippen molar-refractivity contribution >= 4 is 29.3 Å². The van der Waals surface area contributed by atoms with Crippen LogP contribution in [0, 0.1) is 6.92 Å². The van der Waals surface area contributed by atoms with Crippen molar-refractivity contribution in [2.45, 2.75) is 26.5 Å². The van der Waals surface area contributed by atoms with Crippen molar-refractivity contribution in [1.82, 2.24) is 16.2 Å². The molecule has 1 atom stereocenters. The second kappa shape index (κ2) is 10.5. The first kappa shape index (κ1) is 22.9. The fourth-order valence-corrected chi connectivity index (χ4v) is 2.78. The van der Waals surface area contributed by atoms with Gasteiger partial charge in [0.25, 0.3) is 17.7 Å². The summed E-state index contributed by atoms with van der Waals surface area (Å²) in [6.45, 7) is 3.71. The first-order valence-electron chi connectivity index (χ1n) is 9.76. The zero-order valence-electron chi connectivity index (χ0n) is 17.5. The second-order valence-corrected chi connectivity index (χ2v) is 7.42. The molecule has 166 valence electrons. The van der Waals surface area contributed by atoms with E-state index < -0.39 is 23.8 Å². The highest BCUT2D eigenvalue weighted by Gasteiger charge is 2.18. The summed E-state index contributed by atoms with van der Waals surface area (Å²) in [6, 6.07) is 14.3. The molecule has 0 aliphatic heterocycles. The molecule has 3 rings (SSSR count). The SMILES string of the molecule is Cc1cc(OCc2ccc(C(=O)NNC(=O)C(C)NC(=O)c3ccco3)cc2)ccc1Cl. The Morgan fingerprint density at radius 2 is 1.78 bits per heavy atom. The van der Waals surface area contributed by atoms with E-state index in [1.54, 1.807) is 42.5 Å². The Morgan fingerprint density at radius 1 is 1.03 bits per heavy atom. The maximum absolute atomic E-state index is 12.3. The third kappa shape index (κ3) is 6.12. The number of halogens is 1. The van der Waals surface area contributed by atoms with Crippen molar-refractivity contribution in [1.29, 1.82) is 0 Å². The first-order chi connectivity index (χ1) is 15.3. The van der Waals surface area contributed by atoms with Crippen molar-refractivity contribution in [3.63, 3.8) is 0 Å². The molecule has 9 heteroatoms. The number of furan rings is 1. The molecule has 3 aromatic rings. The predicted molar refractivity (Wildman–Crippen MR) is 118 cm³/mol. The molecule has 2 aromatic carbocycles. The molecule has 32 heavy (non-hydrogen) atoms. The summed E-state index contributed by atoms with van der Waals surface area (Å²) in [5, 5.41) is 3.14. The zero-order valence-corrected chi connectivity index (χ0v) is 18.2. The van der Waals surface area contributed by atoms with Gasteiger partial charge in [-0.2, -0.15) is 0 Å². The quantitative estimate of drug-likeness (QED) is 0.473. The summed E-state index contributed by atoms with van der Waals surface area (Å²) in [4.78, 5) is 36.3. The van der Waals surface area contributed by atoms with Crippen LogP contribution in [-0.4, -0.2) is 23.8 Å². The van der Waals surface area contributed by atoms with Gasteiger partial charge in [-0.15, -0.1) is 0 Å². The Morgan fingerprint density at radius 3 is 2.44 bits per heavy atom. The van der Waals surface area contributed by atoms with Gasteiger partial charge in [0.05, 0.1) is 6.26 Å². The maximum Gasteiger partial charge on any atom is 0.287 e. The summed E-state index contributed by atoms with van der Waals surface area (Å²) < 4.78 is 10.7. The molecule has 0 aliphatic rings. The van der Waals surface area contributed by atoms with Crippen molar-refractivity contribution in [2.24, 2.45) is 0 Å². The summed E-state index contributed by atoms with van der Waals surface area (Å²) >= 11 is 6.01. The van der Waals surface area contributed by atoms with Crippen molar-refractivity contribution in [2.75, 3.05) is 0 Å². The molecule has 0 bridgehead atoms. The van der Waals surface area contributed by atoms with E-state index in [4.69, 9.17) is 20.8 Å². The molecule has 0 aliphatic carbocycles. The van der Waals surface area contributed by atoms with E-state index in [-0.39, 0.29) is 5.76 Å². The van der Waals surface area contributed by atoms with Crippen LogP contribution in [0.3, 0.4) is 0 Å². The van der Waals surface area contributed by atoms with Gasteiger partial charge in [0.15, 0.2) is 5.76 Å². The lowest BCUT2D eigenvalue weighted by molar-refractivity contribution is -0.123. The van der Waals surface area contributed by atoms with Gasteiger partial charge >= 0.3 is 0 Å². The fraction of sp³-hybridized carbons (Fsp3) is 0.174. The molecule has 1 unspecified atom stereocenters. The molecular weight excluding hydrogens is 434 g/mol. The Hall–Kier alpha value is -3.78. The first-order valence-corrected chi connectivity index (χ1v) is 10.1. The largest absolute Gasteiger partial charge is 0.489 e. The summed E-state index contributed by atoms with van der Waals surface area (Å²) in [7, 11) is 0. The van der Waals surface area contributed by atoms with E-state index in [1.807, 2.05) is 13.0 Å². The Bertz CT molecular complexity index is 1100. The van der Waals surface area contributed by atoms with Gasteiger partial charge in [-0.1, -0.05) is 23.7 Å². The van der Waals surface area contributed by atoms with E-state index >= 15 is 0 Å². The maximum atomic E-state index is 12.3. The Kier molecular flexibility index (Phi) is 7.51. The third-order valence-electron chi connectivity index (χ3n) is 4.54. The molecule has 8 nitrogen and oxygen atoms in total. The van der Waals surface area contributed by atoms with E-state index in [1.165, 1.54) is 19.3 Å². The fourth-order valence-electron chi connectivity index (χ4n) is 2.67. The molecule has 1 aromatic heterocycles. The number of benzene rings is 2. The highest BCUT2D eigenvalue weighted by Crippen LogP contribution is 2.21. The predicted octanol–water partition coefficient (Wildman–Crippen LogP) is 3.40. The molecule has 0 saturated carbocycles. The minimum atomic E-state index is -0.885. The van der Waals surface area contributed by atoms with Crippen LogP contribution >= 0.6 is 11.6 Å². The van der Waals surface area contributed by atoms with Crippen LogP contribution in [0.4, 0.5) is 0 Å². The number of hydrogen-bond acceptors (Lipinski definition) is 5. The minimum absolute atomic E-state index is 0.0870. The molecule has 3 N–H and O–H groups in total. The Labute approximate surface area is 189 Å². The number of hydrogen-bond donors (Lipinski definition) is 3. The van der Waals surface area contributed by atoms with E-state index in [0.717, 1.165) is 11.1 Å². The number of carbonyl (C=O) groups excluding carboxylic acids is 3. The average Bonchev–Trinajstić information content (AvgIpc) is 3.33. The molecule has 0 spiro atoms. The van der Waals surface area contributed by atoms with Crippen LogP contribution < -0.4 is 20.9 Å². The number of hydrazine groups is 1. The van der Waals surface area contributed by atoms with Crippen molar-refractivity contribution in [3.05, 3.63) is 88.3 Å². The van der Waals surface area contributed by atoms with E-state index in [9.17, 15) is 14.4 Å². The highest BCUT2D eigenvalue weighted by atomic mass is 35.5. The van der Waals surface area contributed by atoms with Gasteiger partial charge in [0.2, 0.25) is 0 Å². The van der Waals surface area contributed by atoms with Crippen LogP contribution in [0.15, 0.2) is 65.3 Å². The molecular formula is C23H22ClN3O5. The number of amides is 3. The smallest absolute Gasteiger partial charge is 0.287 e. The topological polar surface area (TPSA) is 110 Å². The second-order valence-electron chi connectivity index (χ2n) is 7.01. The van der Waals surface area contributed by atoms with E-state index in [0.29, 0.717) is 22.9 Å². The van der Waals surface area contributed by atoms with Crippen LogP contribution in [0.2, 0.25) is 5.02 Å². The average molecular weight is 456 g/mol. The molecule has 1 heterocycles. The molecule has 0 fully saturated rings. The van der Waals surface area contributed by atoms with Gasteiger partial charge in [0, 0.05) is 10.6 Å². The van der Waals surface area contributed by atoms with Crippen LogP contribution in [0.5, 0.6) is 5.75 Å². The lowest BCUT2D eigenvalue weighted by atomic mass is 10.1. The van der Waals surface area contributed by atoms with Gasteiger partial charge in [-0.05, 0) is 67.4 Å². The van der Waals surface area contributed by atoms with Gasteiger partial charge in [-0.3, -0.25) is 25.2 Å². The monoisotopic (exact) mass is 455 g/mol. The number of ether oxygens (including phenoxy) is 1. The van der Waals surface area contributed by atoms with Crippen molar-refractivity contribution < 1.29 is 23.5 Å². The van der Waals surface area contributed by atoms with Crippen LogP contribution in [0.25, 0.3) is 0 Å². The highest BCUT2D eigenvalue weighted by molar-refractivity contribution is 6.31. The molecule has 0 radical (unpaired) electrons. The van der Waals surface area contributed by atoms with Crippen LogP contribution in [0.1, 0.15) is 39.0 Å². The normalized spacial score (nSPS) is 11.3. The lowest BCUT2D eigenvalue weighted by Crippen LogP contribution is -2.51. The van der Waals surface area contributed by atoms with Crippen LogP contribution in [-0.2, 0) is 11.4 Å². The lowest BCUT2D eigenvalue weighted by Gasteiger charge is -2.14. The number of rotatable bonds is 7. The molecule has 0 saturated heterocycles. The third-order valence-corrected chi connectivity index (χ3v) is 4.96. The summed E-state index contributed by atoms with van der Waals surface area (Å²) in [6.07, 6.45) is 1.36. The van der Waals surface area contributed by atoms with Gasteiger partial charge < -0.3 is 14.5 Å². The number of aryl methyl sites for hydroxylation is 1. The van der Waals surface area contributed by atoms with E-state index in [2.05, 4.69) is 16.2 Å². The minimum Gasteiger partial charge on any atom is -0.489 e. The summed E-state index contributed by atoms with van der Waals surface area (Å²) in [5.74, 6) is -0.825. The standard InChI is InChI=1S/C23H22ClN3O5/c1-14-12-18(9-10-19(14)24)32-13-16-5-7-17(8-6-16)22(29)27-26-21(28)15(2)25-23(30)20-4-3-11-31-20/h3-12,15H,13H2,1-2H3,(H,25,30)(H,26,28)(H,27,29). The molecule has 3 amide bonds.